The second kappa shape index (κ2) is 6.79. The van der Waals surface area contributed by atoms with Gasteiger partial charge in [0.2, 0.25) is 0 Å². The highest BCUT2D eigenvalue weighted by Crippen LogP contribution is 2.31. The van der Waals surface area contributed by atoms with Crippen LogP contribution in [0.4, 0.5) is 17.6 Å². The molecule has 5 nitrogen and oxygen atoms in total. The van der Waals surface area contributed by atoms with Gasteiger partial charge in [-0.3, -0.25) is 9.69 Å². The number of halogens is 4. The fourth-order valence-corrected chi connectivity index (χ4v) is 2.66. The number of hydrogen-bond acceptors (Lipinski definition) is 4. The van der Waals surface area contributed by atoms with Gasteiger partial charge in [-0.05, 0) is 12.5 Å². The molecule has 1 fully saturated rings. The van der Waals surface area contributed by atoms with Crippen molar-refractivity contribution in [3.63, 3.8) is 0 Å². The third-order valence-electron chi connectivity index (χ3n) is 3.80. The van der Waals surface area contributed by atoms with Gasteiger partial charge in [0.1, 0.15) is 0 Å². The first-order valence-corrected chi connectivity index (χ1v) is 6.91. The average molecular weight is 336 g/mol. The summed E-state index contributed by atoms with van der Waals surface area (Å²) in [6.45, 7) is 0.308. The Morgan fingerprint density at radius 3 is 2.74 bits per heavy atom. The van der Waals surface area contributed by atoms with Crippen LogP contribution in [0, 0.1) is 11.7 Å². The lowest BCUT2D eigenvalue weighted by Crippen LogP contribution is -2.46. The van der Waals surface area contributed by atoms with Crippen molar-refractivity contribution < 1.29 is 32.2 Å². The molecular weight excluding hydrogens is 320 g/mol. The Hall–Kier alpha value is -1.74. The molecule has 2 unspecified atom stereocenters. The monoisotopic (exact) mass is 336 g/mol. The highest BCUT2D eigenvalue weighted by Gasteiger charge is 2.38. The smallest absolute Gasteiger partial charge is 0.436 e. The van der Waals surface area contributed by atoms with Crippen molar-refractivity contribution in [2.75, 3.05) is 20.2 Å². The van der Waals surface area contributed by atoms with Gasteiger partial charge in [-0.25, -0.2) is 9.37 Å². The molecular formula is C14H16F4N2O3. The van der Waals surface area contributed by atoms with Crippen LogP contribution in [0.3, 0.4) is 0 Å². The van der Waals surface area contributed by atoms with E-state index in [-0.39, 0.29) is 24.8 Å². The molecule has 0 bridgehead atoms. The molecule has 23 heavy (non-hydrogen) atoms. The van der Waals surface area contributed by atoms with Crippen LogP contribution in [0.15, 0.2) is 12.3 Å². The summed E-state index contributed by atoms with van der Waals surface area (Å²) in [5.41, 5.74) is -1.74. The standard InChI is InChI=1S/C14H16F4N2O3/c1-23-10-4-9(13(21)22)6-20(7-10)5-8-2-3-19-12(11(8)15)14(16,17)18/h2-3,9-10H,4-7H2,1H3,(H,21,22). The Morgan fingerprint density at radius 1 is 1.48 bits per heavy atom. The van der Waals surface area contributed by atoms with E-state index in [9.17, 15) is 22.4 Å². The zero-order valence-corrected chi connectivity index (χ0v) is 12.3. The van der Waals surface area contributed by atoms with Gasteiger partial charge in [0.15, 0.2) is 11.5 Å². The molecule has 1 saturated heterocycles. The summed E-state index contributed by atoms with van der Waals surface area (Å²) in [4.78, 5) is 15.8. The third kappa shape index (κ3) is 4.17. The van der Waals surface area contributed by atoms with E-state index in [1.165, 1.54) is 7.11 Å². The minimum absolute atomic E-state index is 0.123. The van der Waals surface area contributed by atoms with Gasteiger partial charge in [0, 0.05) is 38.5 Å². The number of aliphatic carboxylic acids is 1. The summed E-state index contributed by atoms with van der Waals surface area (Å²) in [6, 6.07) is 1.16. The van der Waals surface area contributed by atoms with Crippen molar-refractivity contribution in [3.8, 4) is 0 Å². The first kappa shape index (κ1) is 17.6. The summed E-state index contributed by atoms with van der Waals surface area (Å²) in [5, 5.41) is 9.13. The van der Waals surface area contributed by atoms with E-state index in [2.05, 4.69) is 4.98 Å². The van der Waals surface area contributed by atoms with Crippen LogP contribution in [0.25, 0.3) is 0 Å². The number of methoxy groups -OCH3 is 1. The second-order valence-corrected chi connectivity index (χ2v) is 5.45. The van der Waals surface area contributed by atoms with Crippen molar-refractivity contribution in [3.05, 3.63) is 29.3 Å². The number of hydrogen-bond donors (Lipinski definition) is 1. The number of aromatic nitrogens is 1. The number of carboxylic acid groups (broad SMARTS) is 1. The van der Waals surface area contributed by atoms with Crippen LogP contribution in [0.2, 0.25) is 0 Å². The summed E-state index contributed by atoms with van der Waals surface area (Å²) < 4.78 is 57.2. The third-order valence-corrected chi connectivity index (χ3v) is 3.80. The molecule has 2 atom stereocenters. The van der Waals surface area contributed by atoms with Crippen LogP contribution in [0.1, 0.15) is 17.7 Å². The molecule has 1 aromatic rings. The van der Waals surface area contributed by atoms with Crippen LogP contribution in [0.5, 0.6) is 0 Å². The Bertz CT molecular complexity index is 580. The van der Waals surface area contributed by atoms with E-state index >= 15 is 0 Å². The van der Waals surface area contributed by atoms with Crippen molar-refractivity contribution >= 4 is 5.97 Å². The molecule has 2 heterocycles. The predicted octanol–water partition coefficient (Wildman–Crippen LogP) is 2.16. The van der Waals surface area contributed by atoms with Crippen LogP contribution < -0.4 is 0 Å². The second-order valence-electron chi connectivity index (χ2n) is 5.45. The quantitative estimate of drug-likeness (QED) is 0.854. The van der Waals surface area contributed by atoms with Crippen molar-refractivity contribution in [1.29, 1.82) is 0 Å². The number of carbonyl (C=O) groups is 1. The van der Waals surface area contributed by atoms with Gasteiger partial charge in [-0.1, -0.05) is 0 Å². The minimum atomic E-state index is -4.87. The molecule has 1 aromatic heterocycles. The normalized spacial score (nSPS) is 23.0. The van der Waals surface area contributed by atoms with Crippen LogP contribution in [-0.4, -0.2) is 47.3 Å². The molecule has 0 radical (unpaired) electrons. The fourth-order valence-electron chi connectivity index (χ4n) is 2.66. The Morgan fingerprint density at radius 2 is 2.17 bits per heavy atom. The molecule has 0 aliphatic carbocycles. The first-order valence-electron chi connectivity index (χ1n) is 6.91. The molecule has 0 spiro atoms. The maximum absolute atomic E-state index is 14.0. The average Bonchev–Trinajstić information content (AvgIpc) is 2.47. The van der Waals surface area contributed by atoms with E-state index in [0.29, 0.717) is 13.0 Å². The fraction of sp³-hybridized carbons (Fsp3) is 0.571. The molecule has 0 amide bonds. The van der Waals surface area contributed by atoms with E-state index < -0.39 is 29.6 Å². The largest absolute Gasteiger partial charge is 0.481 e. The van der Waals surface area contributed by atoms with Gasteiger partial charge >= 0.3 is 12.1 Å². The van der Waals surface area contributed by atoms with E-state index in [1.54, 1.807) is 4.90 Å². The Labute approximate surface area is 129 Å². The maximum atomic E-state index is 14.0. The molecule has 2 rings (SSSR count). The summed E-state index contributed by atoms with van der Waals surface area (Å²) in [5.74, 6) is -3.14. The molecule has 1 aliphatic heterocycles. The van der Waals surface area contributed by atoms with Crippen molar-refractivity contribution in [2.24, 2.45) is 5.92 Å². The van der Waals surface area contributed by atoms with Crippen molar-refractivity contribution in [1.82, 2.24) is 9.88 Å². The first-order chi connectivity index (χ1) is 10.7. The highest BCUT2D eigenvalue weighted by molar-refractivity contribution is 5.70. The molecule has 9 heteroatoms. The lowest BCUT2D eigenvalue weighted by Gasteiger charge is -2.35. The number of likely N-dealkylation sites (tertiary alicyclic amines) is 1. The van der Waals surface area contributed by atoms with Gasteiger partial charge in [0.05, 0.1) is 12.0 Å². The summed E-state index contributed by atoms with van der Waals surface area (Å²) in [7, 11) is 1.43. The number of pyridine rings is 1. The molecule has 128 valence electrons. The summed E-state index contributed by atoms with van der Waals surface area (Å²) >= 11 is 0. The van der Waals surface area contributed by atoms with Crippen LogP contribution in [-0.2, 0) is 22.3 Å². The predicted molar refractivity (Wildman–Crippen MR) is 71.0 cm³/mol. The zero-order chi connectivity index (χ0) is 17.2. The number of alkyl halides is 3. The van der Waals surface area contributed by atoms with Crippen LogP contribution >= 0.6 is 0 Å². The molecule has 0 aromatic carbocycles. The Kier molecular flexibility index (Phi) is 5.20. The Balaban J connectivity index is 2.19. The van der Waals surface area contributed by atoms with Gasteiger partial charge < -0.3 is 9.84 Å². The van der Waals surface area contributed by atoms with E-state index in [4.69, 9.17) is 9.84 Å². The SMILES string of the molecule is COC1CC(C(=O)O)CN(Cc2ccnc(C(F)(F)F)c2F)C1. The zero-order valence-electron chi connectivity index (χ0n) is 12.3. The molecule has 0 saturated carbocycles. The number of rotatable bonds is 4. The van der Waals surface area contributed by atoms with Gasteiger partial charge in [0.25, 0.3) is 0 Å². The lowest BCUT2D eigenvalue weighted by molar-refractivity contribution is -0.146. The lowest BCUT2D eigenvalue weighted by atomic mass is 9.95. The van der Waals surface area contributed by atoms with Gasteiger partial charge in [-0.15, -0.1) is 0 Å². The maximum Gasteiger partial charge on any atom is 0.436 e. The van der Waals surface area contributed by atoms with Crippen molar-refractivity contribution in [2.45, 2.75) is 25.2 Å². The minimum Gasteiger partial charge on any atom is -0.481 e. The van der Waals surface area contributed by atoms with Gasteiger partial charge in [-0.2, -0.15) is 13.2 Å². The molecule has 1 N–H and O–H groups in total. The van der Waals surface area contributed by atoms with E-state index in [1.807, 2.05) is 0 Å². The number of nitrogens with zero attached hydrogens (tertiary/aromatic N) is 2. The topological polar surface area (TPSA) is 62.7 Å². The number of carboxylic acids is 1. The molecule has 1 aliphatic rings. The highest BCUT2D eigenvalue weighted by atomic mass is 19.4. The van der Waals surface area contributed by atoms with E-state index in [0.717, 1.165) is 12.3 Å². The number of ether oxygens (including phenoxy) is 1. The summed E-state index contributed by atoms with van der Waals surface area (Å²) in [6.07, 6.45) is -4.03. The number of piperidine rings is 1.